The Labute approximate surface area is 277 Å². The predicted molar refractivity (Wildman–Crippen MR) is 184 cm³/mol. The zero-order valence-corrected chi connectivity index (χ0v) is 27.1. The Bertz CT molecular complexity index is 1580. The minimum Gasteiger partial charge on any atom is -0.492 e. The summed E-state index contributed by atoms with van der Waals surface area (Å²) in [6.45, 7) is 1.44. The van der Waals surface area contributed by atoms with E-state index in [0.29, 0.717) is 61.0 Å². The highest BCUT2D eigenvalue weighted by Gasteiger charge is 2.24. The molecule has 5 rings (SSSR count). The summed E-state index contributed by atoms with van der Waals surface area (Å²) < 4.78 is 11.2. The van der Waals surface area contributed by atoms with E-state index in [1.54, 1.807) is 30.3 Å². The Morgan fingerprint density at radius 2 is 1.45 bits per heavy atom. The van der Waals surface area contributed by atoms with Crippen molar-refractivity contribution < 1.29 is 23.9 Å². The van der Waals surface area contributed by atoms with Gasteiger partial charge in [-0.2, -0.15) is 0 Å². The lowest BCUT2D eigenvalue weighted by Gasteiger charge is -2.27. The standard InChI is InChI=1S/C40H44N2O5/c1-46-40(45)37(41-36-20-12-11-19-35(36)39(44)33-17-9-4-10-18-33)27-31-21-23-34(24-22-31)47-26-25-42(29-32-15-7-3-8-16-32)38(43)28-30-13-5-2-6-14-30/h3-4,7-12,15-24,30,37,41H,2,5-6,13-14,25-29H2,1H3/t37-/m0/s1. The topological polar surface area (TPSA) is 84.9 Å². The number of benzene rings is 4. The van der Waals surface area contributed by atoms with Gasteiger partial charge in [0.05, 0.1) is 13.7 Å². The van der Waals surface area contributed by atoms with Crippen LogP contribution in [0.2, 0.25) is 0 Å². The number of methoxy groups -OCH3 is 1. The number of amides is 1. The van der Waals surface area contributed by atoms with Crippen LogP contribution in [0.3, 0.4) is 0 Å². The first-order valence-electron chi connectivity index (χ1n) is 16.6. The van der Waals surface area contributed by atoms with E-state index in [0.717, 1.165) is 24.0 Å². The molecule has 1 aliphatic carbocycles. The van der Waals surface area contributed by atoms with E-state index in [4.69, 9.17) is 9.47 Å². The molecule has 0 aliphatic heterocycles. The van der Waals surface area contributed by atoms with Crippen molar-refractivity contribution >= 4 is 23.3 Å². The molecule has 4 aromatic rings. The third-order valence-corrected chi connectivity index (χ3v) is 8.77. The Hall–Kier alpha value is -4.91. The van der Waals surface area contributed by atoms with E-state index < -0.39 is 12.0 Å². The molecular formula is C40H44N2O5. The van der Waals surface area contributed by atoms with Gasteiger partial charge in [-0.1, -0.05) is 104 Å². The molecule has 7 nitrogen and oxygen atoms in total. The molecule has 0 aromatic heterocycles. The average molecular weight is 633 g/mol. The van der Waals surface area contributed by atoms with Crippen LogP contribution in [0.1, 0.15) is 65.6 Å². The Morgan fingerprint density at radius 3 is 2.15 bits per heavy atom. The fourth-order valence-electron chi connectivity index (χ4n) is 6.17. The lowest BCUT2D eigenvalue weighted by molar-refractivity contribution is -0.141. The highest BCUT2D eigenvalue weighted by atomic mass is 16.5. The fourth-order valence-corrected chi connectivity index (χ4v) is 6.17. The zero-order chi connectivity index (χ0) is 32.8. The number of hydrogen-bond acceptors (Lipinski definition) is 6. The van der Waals surface area contributed by atoms with Crippen LogP contribution >= 0.6 is 0 Å². The van der Waals surface area contributed by atoms with Crippen molar-refractivity contribution in [1.29, 1.82) is 0 Å². The van der Waals surface area contributed by atoms with Gasteiger partial charge in [-0.05, 0) is 54.2 Å². The van der Waals surface area contributed by atoms with Crippen molar-refractivity contribution in [2.45, 2.75) is 57.5 Å². The third kappa shape index (κ3) is 9.79. The normalized spacial score (nSPS) is 13.7. The van der Waals surface area contributed by atoms with Crippen LogP contribution in [0.15, 0.2) is 109 Å². The number of ketones is 1. The smallest absolute Gasteiger partial charge is 0.328 e. The van der Waals surface area contributed by atoms with Crippen LogP contribution in [0, 0.1) is 5.92 Å². The molecule has 4 aromatic carbocycles. The molecule has 1 atom stereocenters. The molecule has 0 spiro atoms. The van der Waals surface area contributed by atoms with Gasteiger partial charge in [0.2, 0.25) is 5.91 Å². The lowest BCUT2D eigenvalue weighted by Crippen LogP contribution is -2.35. The van der Waals surface area contributed by atoms with Crippen LogP contribution < -0.4 is 10.1 Å². The van der Waals surface area contributed by atoms with Gasteiger partial charge in [0.1, 0.15) is 18.4 Å². The number of carbonyl (C=O) groups is 3. The highest BCUT2D eigenvalue weighted by molar-refractivity contribution is 6.12. The van der Waals surface area contributed by atoms with Crippen LogP contribution in [0.25, 0.3) is 0 Å². The molecule has 1 aliphatic rings. The first-order valence-corrected chi connectivity index (χ1v) is 16.6. The van der Waals surface area contributed by atoms with E-state index in [1.165, 1.54) is 26.4 Å². The van der Waals surface area contributed by atoms with Crippen LogP contribution in [-0.4, -0.2) is 48.9 Å². The number of ether oxygens (including phenoxy) is 2. The first-order chi connectivity index (χ1) is 23.0. The maximum Gasteiger partial charge on any atom is 0.328 e. The zero-order valence-electron chi connectivity index (χ0n) is 27.1. The number of esters is 1. The van der Waals surface area contributed by atoms with E-state index in [-0.39, 0.29) is 11.7 Å². The number of para-hydroxylation sites is 1. The molecule has 7 heteroatoms. The van der Waals surface area contributed by atoms with Gasteiger partial charge >= 0.3 is 5.97 Å². The molecule has 1 fully saturated rings. The number of hydrogen-bond donors (Lipinski definition) is 1. The molecule has 0 bridgehead atoms. The Balaban J connectivity index is 1.20. The minimum absolute atomic E-state index is 0.128. The second-order valence-electron chi connectivity index (χ2n) is 12.2. The van der Waals surface area contributed by atoms with Gasteiger partial charge in [0.15, 0.2) is 5.78 Å². The summed E-state index contributed by atoms with van der Waals surface area (Å²) in [5, 5.41) is 3.25. The molecule has 1 N–H and O–H groups in total. The van der Waals surface area contributed by atoms with Crippen molar-refractivity contribution in [2.24, 2.45) is 5.92 Å². The molecule has 0 unspecified atom stereocenters. The van der Waals surface area contributed by atoms with E-state index >= 15 is 0 Å². The molecule has 1 amide bonds. The van der Waals surface area contributed by atoms with Crippen molar-refractivity contribution in [3.8, 4) is 5.75 Å². The van der Waals surface area contributed by atoms with E-state index in [2.05, 4.69) is 17.4 Å². The predicted octanol–water partition coefficient (Wildman–Crippen LogP) is 7.49. The summed E-state index contributed by atoms with van der Waals surface area (Å²) in [6.07, 6.45) is 6.93. The molecule has 47 heavy (non-hydrogen) atoms. The van der Waals surface area contributed by atoms with Crippen molar-refractivity contribution in [3.05, 3.63) is 131 Å². The summed E-state index contributed by atoms with van der Waals surface area (Å²) in [7, 11) is 1.36. The van der Waals surface area contributed by atoms with Gasteiger partial charge in [0.25, 0.3) is 0 Å². The second kappa shape index (κ2) is 17.1. The van der Waals surface area contributed by atoms with Gasteiger partial charge in [-0.25, -0.2) is 4.79 Å². The monoisotopic (exact) mass is 632 g/mol. The van der Waals surface area contributed by atoms with E-state index in [9.17, 15) is 14.4 Å². The van der Waals surface area contributed by atoms with Gasteiger partial charge in [-0.3, -0.25) is 9.59 Å². The number of rotatable bonds is 15. The Kier molecular flexibility index (Phi) is 12.2. The second-order valence-corrected chi connectivity index (χ2v) is 12.2. The van der Waals surface area contributed by atoms with Gasteiger partial charge < -0.3 is 19.7 Å². The number of nitrogens with one attached hydrogen (secondary N) is 1. The third-order valence-electron chi connectivity index (χ3n) is 8.77. The summed E-state index contributed by atoms with van der Waals surface area (Å²) >= 11 is 0. The highest BCUT2D eigenvalue weighted by Crippen LogP contribution is 2.27. The van der Waals surface area contributed by atoms with Crippen LogP contribution in [0.5, 0.6) is 5.75 Å². The van der Waals surface area contributed by atoms with Gasteiger partial charge in [-0.15, -0.1) is 0 Å². The minimum atomic E-state index is -0.710. The molecule has 0 saturated heterocycles. The Morgan fingerprint density at radius 1 is 0.787 bits per heavy atom. The summed E-state index contributed by atoms with van der Waals surface area (Å²) in [4.78, 5) is 41.3. The quantitative estimate of drug-likeness (QED) is 0.108. The van der Waals surface area contributed by atoms with Crippen molar-refractivity contribution in [3.63, 3.8) is 0 Å². The van der Waals surface area contributed by atoms with E-state index in [1.807, 2.05) is 71.6 Å². The first kappa shape index (κ1) is 33.5. The molecular weight excluding hydrogens is 588 g/mol. The van der Waals surface area contributed by atoms with Crippen molar-refractivity contribution in [1.82, 2.24) is 4.90 Å². The molecule has 1 saturated carbocycles. The summed E-state index contributed by atoms with van der Waals surface area (Å²) in [6, 6.07) is 33.2. The average Bonchev–Trinajstić information content (AvgIpc) is 3.12. The summed E-state index contributed by atoms with van der Waals surface area (Å²) in [5.41, 5.74) is 3.63. The van der Waals surface area contributed by atoms with Crippen LogP contribution in [0.4, 0.5) is 5.69 Å². The van der Waals surface area contributed by atoms with Gasteiger partial charge in [0, 0.05) is 36.2 Å². The maximum atomic E-state index is 13.4. The molecule has 0 heterocycles. The SMILES string of the molecule is COC(=O)[C@H](Cc1ccc(OCCN(Cc2ccccc2)C(=O)CC2CCCCC2)cc1)Nc1ccccc1C(=O)c1ccccc1. The molecule has 244 valence electrons. The largest absolute Gasteiger partial charge is 0.492 e. The van der Waals surface area contributed by atoms with Crippen molar-refractivity contribution in [2.75, 3.05) is 25.6 Å². The number of anilines is 1. The molecule has 0 radical (unpaired) electrons. The lowest BCUT2D eigenvalue weighted by atomic mass is 9.86. The fraction of sp³-hybridized carbons (Fsp3) is 0.325. The summed E-state index contributed by atoms with van der Waals surface area (Å²) in [5.74, 6) is 0.798. The van der Waals surface area contributed by atoms with Crippen LogP contribution in [-0.2, 0) is 27.3 Å². The number of nitrogens with zero attached hydrogens (tertiary/aromatic N) is 1. The maximum absolute atomic E-state index is 13.4. The number of carbonyl (C=O) groups excluding carboxylic acids is 3.